The van der Waals surface area contributed by atoms with E-state index in [0.717, 1.165) is 39.1 Å². The van der Waals surface area contributed by atoms with Crippen LogP contribution in [0.15, 0.2) is 24.3 Å². The van der Waals surface area contributed by atoms with Crippen LogP contribution in [0, 0.1) is 52.9 Å². The van der Waals surface area contributed by atoms with Crippen LogP contribution < -0.4 is 73.1 Å². The monoisotopic (exact) mass is 848 g/mol. The Morgan fingerprint density at radius 2 is 1.37 bits per heavy atom. The van der Waals surface area contributed by atoms with Crippen molar-refractivity contribution >= 4 is 66.2 Å². The summed E-state index contributed by atoms with van der Waals surface area (Å²) < 4.78 is 4.90. The standard InChI is InChI=1S/C18H28N2O3S.C18H26N2O2S.C3H6NP.K.H3P.H/c1-12-9-13(2)15(14(3)10-12)5-6-16(19)18(22)20-17(23-11-21)7-8-24-4;1-11-9-12(2)14(13(3)10-11)5-6-15-17(21)20-16(7-8-23-4)18(22)19-15;1-5-3-2-4;;;/h9-11,16-17H,5-8,19H2,1-4H3,(H,20,22);9-10,15-16H,5-8H2,1-4H3,(H,19,22)(H,20,21);5H,3H2,1H3;;1H3;/q;;;+1;;-1/i;;;;;1+1. The van der Waals surface area contributed by atoms with Crippen LogP contribution in [0.3, 0.4) is 0 Å². The Morgan fingerprint density at radius 1 is 0.907 bits per heavy atom. The first kappa shape index (κ1) is 55.1. The van der Waals surface area contributed by atoms with Gasteiger partial charge in [0.05, 0.1) is 18.3 Å². The van der Waals surface area contributed by atoms with E-state index in [-0.39, 0.29) is 86.5 Å². The molecule has 5 N–H and O–H groups in total. The van der Waals surface area contributed by atoms with Crippen molar-refractivity contribution < 1.29 is 76.7 Å². The average Bonchev–Trinajstić information content (AvgIpc) is 3.07. The Balaban J connectivity index is -0.000000834. The number of nitrogens with zero attached hydrogens (tertiary/aromatic N) is 1. The number of nitrogens with one attached hydrogen (secondary N) is 3. The molecular weight excluding hydrogens is 784 g/mol. The molecule has 1 fully saturated rings. The fourth-order valence-corrected chi connectivity index (χ4v) is 7.14. The molecule has 298 valence electrons. The second kappa shape index (κ2) is 31.0. The molecule has 0 aromatic heterocycles. The predicted molar refractivity (Wildman–Crippen MR) is 232 cm³/mol. The van der Waals surface area contributed by atoms with Gasteiger partial charge in [-0.05, 0) is 138 Å². The molecular formula is C39H64KN5O5P2S2. The minimum absolute atomic E-state index is 0. The summed E-state index contributed by atoms with van der Waals surface area (Å²) in [6.07, 6.45) is 8.04. The number of amides is 3. The topological polar surface area (TPSA) is 163 Å². The van der Waals surface area contributed by atoms with E-state index in [0.29, 0.717) is 32.2 Å². The van der Waals surface area contributed by atoms with Gasteiger partial charge >= 0.3 is 51.4 Å². The number of thioether (sulfide) groups is 2. The van der Waals surface area contributed by atoms with Crippen molar-refractivity contribution in [1.29, 1.82) is 5.26 Å². The smallest absolute Gasteiger partial charge is 1.00 e. The molecule has 1 aliphatic heterocycles. The molecule has 15 heteroatoms. The van der Waals surface area contributed by atoms with Crippen molar-refractivity contribution in [3.63, 3.8) is 0 Å². The first-order chi connectivity index (χ1) is 24.7. The second-order valence-electron chi connectivity index (χ2n) is 13.0. The Morgan fingerprint density at radius 3 is 1.78 bits per heavy atom. The van der Waals surface area contributed by atoms with E-state index in [4.69, 9.17) is 15.7 Å². The number of aryl methyl sites for hydroxylation is 6. The van der Waals surface area contributed by atoms with Crippen LogP contribution in [0.2, 0.25) is 0 Å². The molecule has 3 rings (SSSR count). The van der Waals surface area contributed by atoms with Crippen LogP contribution in [0.4, 0.5) is 0 Å². The van der Waals surface area contributed by atoms with Crippen molar-refractivity contribution in [2.45, 2.75) is 104 Å². The van der Waals surface area contributed by atoms with E-state index in [9.17, 15) is 19.2 Å². The number of hydrogen-bond donors (Lipinski definition) is 4. The number of nitriles is 1. The third-order valence-electron chi connectivity index (χ3n) is 8.65. The van der Waals surface area contributed by atoms with Gasteiger partial charge in [0.15, 0.2) is 6.23 Å². The molecule has 1 heterocycles. The van der Waals surface area contributed by atoms with Crippen LogP contribution in [0.25, 0.3) is 0 Å². The quantitative estimate of drug-likeness (QED) is 0.0812. The maximum absolute atomic E-state index is 12.2. The van der Waals surface area contributed by atoms with Crippen molar-refractivity contribution in [1.82, 2.24) is 16.0 Å². The normalized spacial score (nSPS) is 15.6. The number of piperazine rings is 1. The Kier molecular flexibility index (Phi) is 31.6. The van der Waals surface area contributed by atoms with Gasteiger partial charge in [0.25, 0.3) is 6.47 Å². The molecule has 0 bridgehead atoms. The number of benzene rings is 2. The molecule has 0 saturated carbocycles. The molecule has 3 amide bonds. The summed E-state index contributed by atoms with van der Waals surface area (Å²) in [6.45, 7) is 14.9. The van der Waals surface area contributed by atoms with E-state index >= 15 is 0 Å². The maximum Gasteiger partial charge on any atom is 1.00 e. The SMILES string of the molecule is CPCC#N.CSCCC(NC(=O)C(N)CCc1c(C)cc(C)cc1C)OC=O.CSCCC1NC(=O)C(CCc2c(C)cc(C)cc2C)NC1=O.P.[2H-].[K+]. The van der Waals surface area contributed by atoms with Gasteiger partial charge in [-0.1, -0.05) is 35.4 Å². The molecule has 1 aliphatic rings. The Bertz CT molecular complexity index is 1480. The zero-order valence-electron chi connectivity index (χ0n) is 35.1. The zero-order valence-corrected chi connectivity index (χ0v) is 41.3. The summed E-state index contributed by atoms with van der Waals surface area (Å²) in [4.78, 5) is 47.1. The summed E-state index contributed by atoms with van der Waals surface area (Å²) in [5, 5.41) is 16.3. The van der Waals surface area contributed by atoms with Crippen molar-refractivity contribution in [2.75, 3.05) is 36.8 Å². The molecule has 2 aromatic rings. The van der Waals surface area contributed by atoms with Gasteiger partial charge in [-0.2, -0.15) is 38.7 Å². The Hall–Kier alpha value is -1.03. The zero-order chi connectivity index (χ0) is 39.2. The van der Waals surface area contributed by atoms with Gasteiger partial charge in [0, 0.05) is 6.42 Å². The van der Waals surface area contributed by atoms with Crippen LogP contribution in [0.5, 0.6) is 0 Å². The van der Waals surface area contributed by atoms with Crippen LogP contribution in [-0.4, -0.2) is 85.4 Å². The third kappa shape index (κ3) is 20.9. The number of ether oxygens (including phenoxy) is 1. The summed E-state index contributed by atoms with van der Waals surface area (Å²) in [5.74, 6) is 1.25. The first-order valence-corrected chi connectivity index (χ1v) is 22.1. The van der Waals surface area contributed by atoms with Crippen LogP contribution in [-0.2, 0) is 36.8 Å². The van der Waals surface area contributed by atoms with E-state index in [1.165, 1.54) is 44.5 Å². The molecule has 54 heavy (non-hydrogen) atoms. The van der Waals surface area contributed by atoms with Gasteiger partial charge in [-0.15, -0.1) is 8.58 Å². The van der Waals surface area contributed by atoms with Gasteiger partial charge in [0.1, 0.15) is 12.1 Å². The van der Waals surface area contributed by atoms with E-state index < -0.39 is 18.3 Å². The molecule has 6 unspecified atom stereocenters. The van der Waals surface area contributed by atoms with Crippen molar-refractivity contribution in [2.24, 2.45) is 5.73 Å². The van der Waals surface area contributed by atoms with Crippen molar-refractivity contribution in [3.05, 3.63) is 68.8 Å². The second-order valence-corrected chi connectivity index (χ2v) is 16.1. The third-order valence-corrected chi connectivity index (χ3v) is 10.4. The summed E-state index contributed by atoms with van der Waals surface area (Å²) >= 11 is 3.30. The average molecular weight is 849 g/mol. The molecule has 1 saturated heterocycles. The molecule has 0 radical (unpaired) electrons. The van der Waals surface area contributed by atoms with E-state index in [2.05, 4.69) is 81.8 Å². The van der Waals surface area contributed by atoms with E-state index in [1.807, 2.05) is 25.2 Å². The summed E-state index contributed by atoms with van der Waals surface area (Å²) in [5.41, 5.74) is 16.0. The molecule has 2 aromatic carbocycles. The predicted octanol–water partition coefficient (Wildman–Crippen LogP) is 2.51. The largest absolute Gasteiger partial charge is 1.00 e. The number of carbonyl (C=O) groups excluding carboxylic acids is 4. The number of rotatable bonds is 17. The van der Waals surface area contributed by atoms with Crippen molar-refractivity contribution in [3.8, 4) is 6.07 Å². The number of nitrogens with two attached hydrogens (primary N) is 1. The molecule has 6 atom stereocenters. The van der Waals surface area contributed by atoms with Gasteiger partial charge < -0.3 is 27.8 Å². The minimum atomic E-state index is -0.628. The fraction of sp³-hybridized carbons (Fsp3) is 0.564. The summed E-state index contributed by atoms with van der Waals surface area (Å²) in [6, 6.07) is 9.22. The minimum Gasteiger partial charge on any atom is -1.00 e. The molecule has 0 aliphatic carbocycles. The summed E-state index contributed by atoms with van der Waals surface area (Å²) in [7, 11) is 0.797. The maximum atomic E-state index is 12.2. The Labute approximate surface area is 382 Å². The molecule has 0 spiro atoms. The molecule has 10 nitrogen and oxygen atoms in total. The van der Waals surface area contributed by atoms with E-state index in [1.54, 1.807) is 23.5 Å². The van der Waals surface area contributed by atoms with Gasteiger partial charge in [0.2, 0.25) is 17.7 Å². The van der Waals surface area contributed by atoms with Crippen LogP contribution in [0.1, 0.15) is 71.6 Å². The number of hydrogen-bond acceptors (Lipinski definition) is 9. The number of carbonyl (C=O) groups is 4. The fourth-order valence-electron chi connectivity index (χ4n) is 6.06. The van der Waals surface area contributed by atoms with Crippen LogP contribution >= 0.6 is 42.0 Å². The first-order valence-electron chi connectivity index (χ1n) is 17.6. The van der Waals surface area contributed by atoms with Gasteiger partial charge in [-0.3, -0.25) is 19.2 Å². The van der Waals surface area contributed by atoms with Gasteiger partial charge in [-0.25, -0.2) is 0 Å².